The third-order valence-corrected chi connectivity index (χ3v) is 4.23. The minimum atomic E-state index is 0.0540. The van der Waals surface area contributed by atoms with Crippen LogP contribution in [0.15, 0.2) is 16.7 Å². The third-order valence-electron chi connectivity index (χ3n) is 3.18. The van der Waals surface area contributed by atoms with E-state index in [1.165, 1.54) is 10.6 Å². The molecule has 0 spiro atoms. The second-order valence-corrected chi connectivity index (χ2v) is 7.23. The molecular formula is C16H24N2OS. The molecule has 0 radical (unpaired) electrons. The van der Waals surface area contributed by atoms with Crippen molar-refractivity contribution in [2.24, 2.45) is 0 Å². The van der Waals surface area contributed by atoms with Gasteiger partial charge in [-0.2, -0.15) is 0 Å². The van der Waals surface area contributed by atoms with Crippen LogP contribution in [-0.2, 0) is 12.0 Å². The van der Waals surface area contributed by atoms with Crippen LogP contribution in [0.2, 0.25) is 0 Å². The smallest absolute Gasteiger partial charge is 0.165 e. The van der Waals surface area contributed by atoms with E-state index in [1.54, 1.807) is 17.6 Å². The molecule has 20 heavy (non-hydrogen) atoms. The van der Waals surface area contributed by atoms with Gasteiger partial charge in [-0.3, -0.25) is 0 Å². The topological polar surface area (TPSA) is 38.1 Å². The summed E-state index contributed by atoms with van der Waals surface area (Å²) in [5, 5.41) is 4.47. The van der Waals surface area contributed by atoms with E-state index in [0.29, 0.717) is 0 Å². The molecule has 2 rings (SSSR count). The molecule has 2 aromatic heterocycles. The predicted octanol–water partition coefficient (Wildman–Crippen LogP) is 4.51. The summed E-state index contributed by atoms with van der Waals surface area (Å²) in [6.45, 7) is 12.8. The van der Waals surface area contributed by atoms with Crippen molar-refractivity contribution >= 4 is 11.3 Å². The van der Waals surface area contributed by atoms with E-state index in [1.807, 2.05) is 6.07 Å². The quantitative estimate of drug-likeness (QED) is 0.824. The van der Waals surface area contributed by atoms with Crippen LogP contribution in [0.1, 0.15) is 50.3 Å². The predicted molar refractivity (Wildman–Crippen MR) is 85.3 cm³/mol. The zero-order valence-electron chi connectivity index (χ0n) is 13.0. The SMILES string of the molecule is CCCNCc1sc(-c2occc2C)nc1C(C)(C)C. The monoisotopic (exact) mass is 292 g/mol. The van der Waals surface area contributed by atoms with Crippen LogP contribution in [0.4, 0.5) is 0 Å². The van der Waals surface area contributed by atoms with Gasteiger partial charge in [-0.15, -0.1) is 11.3 Å². The summed E-state index contributed by atoms with van der Waals surface area (Å²) in [4.78, 5) is 6.16. The number of furan rings is 1. The number of rotatable bonds is 5. The Morgan fingerprint density at radius 1 is 1.35 bits per heavy atom. The highest BCUT2D eigenvalue weighted by Crippen LogP contribution is 2.35. The fourth-order valence-electron chi connectivity index (χ4n) is 2.13. The number of thiazole rings is 1. The Morgan fingerprint density at radius 2 is 2.10 bits per heavy atom. The van der Waals surface area contributed by atoms with Gasteiger partial charge in [0.25, 0.3) is 0 Å². The zero-order valence-corrected chi connectivity index (χ0v) is 13.9. The molecule has 2 aromatic rings. The molecule has 4 heteroatoms. The van der Waals surface area contributed by atoms with Gasteiger partial charge in [-0.1, -0.05) is 27.7 Å². The maximum atomic E-state index is 5.58. The molecule has 0 fully saturated rings. The molecule has 3 nitrogen and oxygen atoms in total. The molecule has 0 aliphatic carbocycles. The Labute approximate surface area is 125 Å². The van der Waals surface area contributed by atoms with E-state index in [2.05, 4.69) is 39.9 Å². The van der Waals surface area contributed by atoms with Gasteiger partial charge in [-0.05, 0) is 31.5 Å². The summed E-state index contributed by atoms with van der Waals surface area (Å²) in [5.41, 5.74) is 2.38. The number of nitrogens with zero attached hydrogens (tertiary/aromatic N) is 1. The lowest BCUT2D eigenvalue weighted by Crippen LogP contribution is -2.19. The normalized spacial score (nSPS) is 12.1. The van der Waals surface area contributed by atoms with Crippen molar-refractivity contribution in [3.63, 3.8) is 0 Å². The van der Waals surface area contributed by atoms with Crippen LogP contribution in [-0.4, -0.2) is 11.5 Å². The van der Waals surface area contributed by atoms with Gasteiger partial charge in [0.1, 0.15) is 0 Å². The standard InChI is InChI=1S/C16H24N2OS/c1-6-8-17-10-12-14(16(3,4)5)18-15(20-12)13-11(2)7-9-19-13/h7,9,17H,6,8,10H2,1-5H3. The van der Waals surface area contributed by atoms with E-state index in [0.717, 1.165) is 35.8 Å². The Morgan fingerprint density at radius 3 is 2.65 bits per heavy atom. The average Bonchev–Trinajstić information content (AvgIpc) is 2.95. The van der Waals surface area contributed by atoms with Crippen LogP contribution in [0, 0.1) is 6.92 Å². The van der Waals surface area contributed by atoms with Gasteiger partial charge < -0.3 is 9.73 Å². The van der Waals surface area contributed by atoms with Crippen molar-refractivity contribution < 1.29 is 4.42 Å². The van der Waals surface area contributed by atoms with Gasteiger partial charge in [0.15, 0.2) is 10.8 Å². The van der Waals surface area contributed by atoms with E-state index >= 15 is 0 Å². The molecule has 0 saturated heterocycles. The first kappa shape index (κ1) is 15.3. The molecule has 1 N–H and O–H groups in total. The molecule has 2 heterocycles. The Hall–Kier alpha value is -1.13. The lowest BCUT2D eigenvalue weighted by Gasteiger charge is -2.17. The second-order valence-electron chi connectivity index (χ2n) is 6.15. The second kappa shape index (κ2) is 6.10. The van der Waals surface area contributed by atoms with Gasteiger partial charge >= 0.3 is 0 Å². The van der Waals surface area contributed by atoms with E-state index in [4.69, 9.17) is 9.40 Å². The highest BCUT2D eigenvalue weighted by Gasteiger charge is 2.24. The van der Waals surface area contributed by atoms with Crippen LogP contribution < -0.4 is 5.32 Å². The van der Waals surface area contributed by atoms with Crippen LogP contribution in [0.5, 0.6) is 0 Å². The first-order chi connectivity index (χ1) is 9.43. The first-order valence-corrected chi connectivity index (χ1v) is 8.00. The van der Waals surface area contributed by atoms with E-state index in [-0.39, 0.29) is 5.41 Å². The maximum Gasteiger partial charge on any atom is 0.165 e. The highest BCUT2D eigenvalue weighted by molar-refractivity contribution is 7.15. The molecule has 0 unspecified atom stereocenters. The van der Waals surface area contributed by atoms with Gasteiger partial charge in [-0.25, -0.2) is 4.98 Å². The summed E-state index contributed by atoms with van der Waals surface area (Å²) in [6.07, 6.45) is 2.88. The lowest BCUT2D eigenvalue weighted by molar-refractivity contribution is 0.555. The van der Waals surface area contributed by atoms with Crippen molar-refractivity contribution in [1.82, 2.24) is 10.3 Å². The average molecular weight is 292 g/mol. The van der Waals surface area contributed by atoms with Crippen LogP contribution in [0.25, 0.3) is 10.8 Å². The Bertz CT molecular complexity index is 563. The van der Waals surface area contributed by atoms with Crippen molar-refractivity contribution in [2.75, 3.05) is 6.54 Å². The summed E-state index contributed by atoms with van der Waals surface area (Å²) in [6, 6.07) is 1.99. The van der Waals surface area contributed by atoms with Gasteiger partial charge in [0, 0.05) is 16.8 Å². The summed E-state index contributed by atoms with van der Waals surface area (Å²) >= 11 is 1.74. The molecule has 0 saturated carbocycles. The largest absolute Gasteiger partial charge is 0.462 e. The summed E-state index contributed by atoms with van der Waals surface area (Å²) in [5.74, 6) is 0.905. The van der Waals surface area contributed by atoms with Crippen molar-refractivity contribution in [1.29, 1.82) is 0 Å². The Kier molecular flexibility index (Phi) is 4.66. The summed E-state index contributed by atoms with van der Waals surface area (Å²) < 4.78 is 5.58. The number of hydrogen-bond donors (Lipinski definition) is 1. The lowest BCUT2D eigenvalue weighted by atomic mass is 9.91. The molecule has 0 aliphatic rings. The minimum Gasteiger partial charge on any atom is -0.462 e. The van der Waals surface area contributed by atoms with Crippen LogP contribution >= 0.6 is 11.3 Å². The number of hydrogen-bond acceptors (Lipinski definition) is 4. The molecule has 0 bridgehead atoms. The van der Waals surface area contributed by atoms with E-state index < -0.39 is 0 Å². The maximum absolute atomic E-state index is 5.58. The molecule has 0 aromatic carbocycles. The highest BCUT2D eigenvalue weighted by atomic mass is 32.1. The third kappa shape index (κ3) is 3.30. The number of nitrogens with one attached hydrogen (secondary N) is 1. The molecular weight excluding hydrogens is 268 g/mol. The van der Waals surface area contributed by atoms with E-state index in [9.17, 15) is 0 Å². The minimum absolute atomic E-state index is 0.0540. The molecule has 110 valence electrons. The first-order valence-electron chi connectivity index (χ1n) is 7.19. The molecule has 0 aliphatic heterocycles. The number of aromatic nitrogens is 1. The zero-order chi connectivity index (χ0) is 14.8. The van der Waals surface area contributed by atoms with Crippen molar-refractivity contribution in [3.05, 3.63) is 28.5 Å². The molecule has 0 atom stereocenters. The molecule has 0 amide bonds. The fourth-order valence-corrected chi connectivity index (χ4v) is 3.42. The fraction of sp³-hybridized carbons (Fsp3) is 0.562. The van der Waals surface area contributed by atoms with Crippen molar-refractivity contribution in [2.45, 2.75) is 53.0 Å². The van der Waals surface area contributed by atoms with Crippen LogP contribution in [0.3, 0.4) is 0 Å². The van der Waals surface area contributed by atoms with Crippen molar-refractivity contribution in [3.8, 4) is 10.8 Å². The Balaban J connectivity index is 2.34. The van der Waals surface area contributed by atoms with Gasteiger partial charge in [0.05, 0.1) is 12.0 Å². The number of aryl methyl sites for hydroxylation is 1. The van der Waals surface area contributed by atoms with Gasteiger partial charge in [0.2, 0.25) is 0 Å². The summed E-state index contributed by atoms with van der Waals surface area (Å²) in [7, 11) is 0.